The Labute approximate surface area is 111 Å². The minimum Gasteiger partial charge on any atom is -0.478 e. The summed E-state index contributed by atoms with van der Waals surface area (Å²) in [6.45, 7) is 2.46. The molecule has 0 aliphatic carbocycles. The zero-order chi connectivity index (χ0) is 14.6. The maximum absolute atomic E-state index is 11.1. The summed E-state index contributed by atoms with van der Waals surface area (Å²) in [4.78, 5) is 23.2. The minimum absolute atomic E-state index is 0.0246. The summed E-state index contributed by atoms with van der Waals surface area (Å²) in [5, 5.41) is 22.7. The Kier molecular flexibility index (Phi) is 4.82. The molecule has 0 bridgehead atoms. The van der Waals surface area contributed by atoms with E-state index in [1.165, 1.54) is 18.2 Å². The number of anilines is 1. The number of nitrogens with one attached hydrogen (secondary N) is 1. The molecule has 7 heteroatoms. The van der Waals surface area contributed by atoms with E-state index in [4.69, 9.17) is 5.11 Å². The van der Waals surface area contributed by atoms with Gasteiger partial charge in [0.1, 0.15) is 0 Å². The van der Waals surface area contributed by atoms with Crippen molar-refractivity contribution in [1.29, 1.82) is 0 Å². The molecule has 0 saturated carbocycles. The van der Waals surface area contributed by atoms with Crippen LogP contribution in [0, 0.1) is 10.1 Å². The third kappa shape index (κ3) is 3.92. The van der Waals surface area contributed by atoms with Gasteiger partial charge in [0, 0.05) is 24.7 Å². The number of hydrogen-bond donors (Lipinski definition) is 2. The average Bonchev–Trinajstić information content (AvgIpc) is 2.34. The standard InChI is InChI=1S/C12H17N3O4/c1-8(14(2)3)7-13-11-6-9(15(18)19)4-5-10(11)12(16)17/h4-6,8,13H,7H2,1-3H3,(H,16,17). The van der Waals surface area contributed by atoms with Gasteiger partial charge in [-0.1, -0.05) is 0 Å². The van der Waals surface area contributed by atoms with Crippen LogP contribution in [-0.4, -0.2) is 47.6 Å². The second-order valence-corrected chi connectivity index (χ2v) is 4.49. The lowest BCUT2D eigenvalue weighted by molar-refractivity contribution is -0.384. The maximum atomic E-state index is 11.1. The number of benzene rings is 1. The Morgan fingerprint density at radius 3 is 2.63 bits per heavy atom. The van der Waals surface area contributed by atoms with Crippen LogP contribution < -0.4 is 5.32 Å². The number of nitro benzene ring substituents is 1. The molecule has 1 aromatic carbocycles. The molecule has 1 unspecified atom stereocenters. The number of likely N-dealkylation sites (N-methyl/N-ethyl adjacent to an activating group) is 1. The predicted molar refractivity (Wildman–Crippen MR) is 71.7 cm³/mol. The van der Waals surface area contributed by atoms with E-state index in [0.717, 1.165) is 0 Å². The molecular formula is C12H17N3O4. The van der Waals surface area contributed by atoms with Gasteiger partial charge < -0.3 is 15.3 Å². The van der Waals surface area contributed by atoms with Crippen LogP contribution >= 0.6 is 0 Å². The molecule has 2 N–H and O–H groups in total. The number of carbonyl (C=O) groups is 1. The first kappa shape index (κ1) is 14.9. The first-order valence-corrected chi connectivity index (χ1v) is 5.75. The third-order valence-electron chi connectivity index (χ3n) is 2.91. The van der Waals surface area contributed by atoms with Gasteiger partial charge in [-0.3, -0.25) is 10.1 Å². The number of nitro groups is 1. The Morgan fingerprint density at radius 2 is 2.16 bits per heavy atom. The number of rotatable bonds is 6. The second-order valence-electron chi connectivity index (χ2n) is 4.49. The quantitative estimate of drug-likeness (QED) is 0.601. The summed E-state index contributed by atoms with van der Waals surface area (Å²) in [6.07, 6.45) is 0. The van der Waals surface area contributed by atoms with Crippen LogP contribution in [0.5, 0.6) is 0 Å². The highest BCUT2D eigenvalue weighted by Gasteiger charge is 2.16. The number of carboxylic acid groups (broad SMARTS) is 1. The van der Waals surface area contributed by atoms with Crippen molar-refractivity contribution in [2.75, 3.05) is 26.0 Å². The molecule has 0 aliphatic heterocycles. The predicted octanol–water partition coefficient (Wildman–Crippen LogP) is 1.66. The molecule has 104 valence electrons. The molecule has 0 spiro atoms. The first-order valence-electron chi connectivity index (χ1n) is 5.75. The maximum Gasteiger partial charge on any atom is 0.337 e. The molecule has 1 atom stereocenters. The van der Waals surface area contributed by atoms with Crippen molar-refractivity contribution < 1.29 is 14.8 Å². The van der Waals surface area contributed by atoms with E-state index < -0.39 is 10.9 Å². The van der Waals surface area contributed by atoms with Crippen LogP contribution in [-0.2, 0) is 0 Å². The average molecular weight is 267 g/mol. The molecule has 0 fully saturated rings. The molecule has 0 saturated heterocycles. The SMILES string of the molecule is CC(CNc1cc([N+](=O)[O-])ccc1C(=O)O)N(C)C. The smallest absolute Gasteiger partial charge is 0.337 e. The molecule has 0 amide bonds. The fourth-order valence-corrected chi connectivity index (χ4v) is 1.42. The lowest BCUT2D eigenvalue weighted by atomic mass is 10.1. The van der Waals surface area contributed by atoms with Gasteiger partial charge in [0.05, 0.1) is 16.2 Å². The van der Waals surface area contributed by atoms with E-state index in [0.29, 0.717) is 6.54 Å². The molecule has 0 heterocycles. The van der Waals surface area contributed by atoms with Crippen molar-refractivity contribution >= 4 is 17.3 Å². The summed E-state index contributed by atoms with van der Waals surface area (Å²) in [5.74, 6) is -1.12. The summed E-state index contributed by atoms with van der Waals surface area (Å²) < 4.78 is 0. The highest BCUT2D eigenvalue weighted by molar-refractivity contribution is 5.94. The summed E-state index contributed by atoms with van der Waals surface area (Å²) >= 11 is 0. The number of aromatic carboxylic acids is 1. The van der Waals surface area contributed by atoms with E-state index >= 15 is 0 Å². The van der Waals surface area contributed by atoms with Crippen LogP contribution in [0.25, 0.3) is 0 Å². The summed E-state index contributed by atoms with van der Waals surface area (Å²) in [6, 6.07) is 3.83. The number of carboxylic acids is 1. The third-order valence-corrected chi connectivity index (χ3v) is 2.91. The highest BCUT2D eigenvalue weighted by Crippen LogP contribution is 2.22. The monoisotopic (exact) mass is 267 g/mol. The summed E-state index contributed by atoms with van der Waals surface area (Å²) in [7, 11) is 3.80. The van der Waals surface area contributed by atoms with Crippen LogP contribution in [0.1, 0.15) is 17.3 Å². The molecule has 1 aromatic rings. The molecule has 0 aromatic heterocycles. The fourth-order valence-electron chi connectivity index (χ4n) is 1.42. The zero-order valence-electron chi connectivity index (χ0n) is 11.1. The van der Waals surface area contributed by atoms with E-state index in [9.17, 15) is 14.9 Å². The van der Waals surface area contributed by atoms with Gasteiger partial charge in [-0.2, -0.15) is 0 Å². The number of nitrogens with zero attached hydrogens (tertiary/aromatic N) is 2. The van der Waals surface area contributed by atoms with Crippen molar-refractivity contribution in [3.63, 3.8) is 0 Å². The van der Waals surface area contributed by atoms with E-state index in [1.54, 1.807) is 0 Å². The van der Waals surface area contributed by atoms with Crippen LogP contribution in [0.15, 0.2) is 18.2 Å². The van der Waals surface area contributed by atoms with Crippen LogP contribution in [0.2, 0.25) is 0 Å². The van der Waals surface area contributed by atoms with Gasteiger partial charge in [0.2, 0.25) is 0 Å². The fraction of sp³-hybridized carbons (Fsp3) is 0.417. The highest BCUT2D eigenvalue weighted by atomic mass is 16.6. The van der Waals surface area contributed by atoms with Gasteiger partial charge in [-0.05, 0) is 27.1 Å². The molecule has 7 nitrogen and oxygen atoms in total. The second kappa shape index (κ2) is 6.14. The lowest BCUT2D eigenvalue weighted by Gasteiger charge is -2.21. The van der Waals surface area contributed by atoms with Gasteiger partial charge in [-0.15, -0.1) is 0 Å². The van der Waals surface area contributed by atoms with Crippen molar-refractivity contribution in [1.82, 2.24) is 4.90 Å². The first-order chi connectivity index (χ1) is 8.82. The summed E-state index contributed by atoms with van der Waals surface area (Å²) in [5.41, 5.74) is 0.150. The van der Waals surface area contributed by atoms with Gasteiger partial charge in [-0.25, -0.2) is 4.79 Å². The Hall–Kier alpha value is -2.15. The number of non-ortho nitro benzene ring substituents is 1. The molecule has 1 rings (SSSR count). The lowest BCUT2D eigenvalue weighted by Crippen LogP contribution is -2.31. The van der Waals surface area contributed by atoms with Crippen molar-refractivity contribution in [2.45, 2.75) is 13.0 Å². The van der Waals surface area contributed by atoms with E-state index in [2.05, 4.69) is 5.32 Å². The van der Waals surface area contributed by atoms with Crippen molar-refractivity contribution in [3.8, 4) is 0 Å². The molecular weight excluding hydrogens is 250 g/mol. The Bertz CT molecular complexity index is 488. The van der Waals surface area contributed by atoms with Crippen molar-refractivity contribution in [3.05, 3.63) is 33.9 Å². The molecule has 0 aliphatic rings. The zero-order valence-corrected chi connectivity index (χ0v) is 11.1. The molecule has 0 radical (unpaired) electrons. The Balaban J connectivity index is 2.98. The van der Waals surface area contributed by atoms with Gasteiger partial charge >= 0.3 is 5.97 Å². The van der Waals surface area contributed by atoms with E-state index in [1.807, 2.05) is 25.9 Å². The normalized spacial score (nSPS) is 12.2. The van der Waals surface area contributed by atoms with Crippen LogP contribution in [0.4, 0.5) is 11.4 Å². The Morgan fingerprint density at radius 1 is 1.53 bits per heavy atom. The van der Waals surface area contributed by atoms with Crippen molar-refractivity contribution in [2.24, 2.45) is 0 Å². The van der Waals surface area contributed by atoms with Gasteiger partial charge in [0.25, 0.3) is 5.69 Å². The van der Waals surface area contributed by atoms with Crippen LogP contribution in [0.3, 0.4) is 0 Å². The topological polar surface area (TPSA) is 95.7 Å². The largest absolute Gasteiger partial charge is 0.478 e. The molecule has 19 heavy (non-hydrogen) atoms. The van der Waals surface area contributed by atoms with E-state index in [-0.39, 0.29) is 23.0 Å². The number of hydrogen-bond acceptors (Lipinski definition) is 5. The minimum atomic E-state index is -1.12. The van der Waals surface area contributed by atoms with Gasteiger partial charge in [0.15, 0.2) is 0 Å².